The van der Waals surface area contributed by atoms with Gasteiger partial charge in [-0.05, 0) is 43.4 Å². The third kappa shape index (κ3) is 2.50. The van der Waals surface area contributed by atoms with Crippen LogP contribution in [0.25, 0.3) is 0 Å². The van der Waals surface area contributed by atoms with E-state index in [9.17, 15) is 4.79 Å². The van der Waals surface area contributed by atoms with E-state index in [1.807, 2.05) is 0 Å². The standard InChI is InChI=1S/C18H23BrN2O/c19-15-4-2-14(3-5-15)18(8-1-9-18)17(22)21-12-10-20(11-13-21)16-6-7-16/h2-5,16H,1,6-13H2. The van der Waals surface area contributed by atoms with Crippen molar-refractivity contribution in [1.29, 1.82) is 0 Å². The van der Waals surface area contributed by atoms with Crippen molar-refractivity contribution in [3.05, 3.63) is 34.3 Å². The second-order valence-corrected chi connectivity index (χ2v) is 7.92. The van der Waals surface area contributed by atoms with Gasteiger partial charge >= 0.3 is 0 Å². The van der Waals surface area contributed by atoms with E-state index in [1.54, 1.807) is 0 Å². The second-order valence-electron chi connectivity index (χ2n) is 7.00. The minimum Gasteiger partial charge on any atom is -0.339 e. The number of benzene rings is 1. The first kappa shape index (κ1) is 14.7. The average molecular weight is 363 g/mol. The molecule has 0 spiro atoms. The number of hydrogen-bond donors (Lipinski definition) is 0. The van der Waals surface area contributed by atoms with Crippen LogP contribution >= 0.6 is 15.9 Å². The monoisotopic (exact) mass is 362 g/mol. The quantitative estimate of drug-likeness (QED) is 0.824. The summed E-state index contributed by atoms with van der Waals surface area (Å²) in [4.78, 5) is 17.9. The summed E-state index contributed by atoms with van der Waals surface area (Å²) in [5, 5.41) is 0. The molecule has 0 atom stereocenters. The summed E-state index contributed by atoms with van der Waals surface area (Å²) in [6.07, 6.45) is 5.91. The molecule has 0 radical (unpaired) electrons. The normalized spacial score (nSPS) is 24.9. The summed E-state index contributed by atoms with van der Waals surface area (Å²) >= 11 is 3.49. The zero-order chi connectivity index (χ0) is 15.2. The molecule has 0 unspecified atom stereocenters. The summed E-state index contributed by atoms with van der Waals surface area (Å²) < 4.78 is 1.08. The fourth-order valence-corrected chi connectivity index (χ4v) is 4.22. The third-order valence-electron chi connectivity index (χ3n) is 5.68. The van der Waals surface area contributed by atoms with Crippen LogP contribution < -0.4 is 0 Å². The van der Waals surface area contributed by atoms with Gasteiger partial charge in [0.05, 0.1) is 5.41 Å². The van der Waals surface area contributed by atoms with Crippen molar-refractivity contribution in [2.75, 3.05) is 26.2 Å². The molecule has 4 heteroatoms. The Bertz CT molecular complexity index is 555. The lowest BCUT2D eigenvalue weighted by molar-refractivity contribution is -0.142. The van der Waals surface area contributed by atoms with Gasteiger partial charge in [0, 0.05) is 36.7 Å². The maximum Gasteiger partial charge on any atom is 0.233 e. The SMILES string of the molecule is O=C(N1CCN(C2CC2)CC1)C1(c2ccc(Br)cc2)CCC1. The largest absolute Gasteiger partial charge is 0.339 e. The van der Waals surface area contributed by atoms with Gasteiger partial charge in [-0.25, -0.2) is 0 Å². The zero-order valence-electron chi connectivity index (χ0n) is 12.9. The minimum atomic E-state index is -0.234. The summed E-state index contributed by atoms with van der Waals surface area (Å²) in [5.41, 5.74) is 0.971. The highest BCUT2D eigenvalue weighted by Gasteiger charge is 2.48. The maximum absolute atomic E-state index is 13.2. The van der Waals surface area contributed by atoms with Crippen LogP contribution in [0, 0.1) is 0 Å². The molecule has 4 rings (SSSR count). The van der Waals surface area contributed by atoms with E-state index in [4.69, 9.17) is 0 Å². The number of rotatable bonds is 3. The molecule has 1 aliphatic heterocycles. The molecule has 1 heterocycles. The number of carbonyl (C=O) groups excluding carboxylic acids is 1. The van der Waals surface area contributed by atoms with Crippen molar-refractivity contribution in [3.63, 3.8) is 0 Å². The molecule has 2 saturated carbocycles. The lowest BCUT2D eigenvalue weighted by Crippen LogP contribution is -2.57. The first-order chi connectivity index (χ1) is 10.7. The molecular formula is C18H23BrN2O. The highest BCUT2D eigenvalue weighted by atomic mass is 79.9. The molecule has 3 nitrogen and oxygen atoms in total. The van der Waals surface area contributed by atoms with E-state index >= 15 is 0 Å². The van der Waals surface area contributed by atoms with Crippen molar-refractivity contribution in [2.45, 2.75) is 43.6 Å². The lowest BCUT2D eigenvalue weighted by atomic mass is 9.63. The number of halogens is 1. The molecule has 3 aliphatic rings. The molecule has 1 aromatic carbocycles. The molecule has 3 fully saturated rings. The Kier molecular flexibility index (Phi) is 3.77. The van der Waals surface area contributed by atoms with Crippen LogP contribution in [0.4, 0.5) is 0 Å². The fourth-order valence-electron chi connectivity index (χ4n) is 3.96. The Morgan fingerprint density at radius 1 is 1.05 bits per heavy atom. The van der Waals surface area contributed by atoms with Gasteiger partial charge in [-0.2, -0.15) is 0 Å². The van der Waals surface area contributed by atoms with Crippen LogP contribution in [0.2, 0.25) is 0 Å². The van der Waals surface area contributed by atoms with Gasteiger partial charge in [0.2, 0.25) is 5.91 Å². The van der Waals surface area contributed by atoms with Gasteiger partial charge in [-0.3, -0.25) is 9.69 Å². The van der Waals surface area contributed by atoms with Crippen molar-refractivity contribution in [1.82, 2.24) is 9.80 Å². The van der Waals surface area contributed by atoms with Gasteiger partial charge in [0.15, 0.2) is 0 Å². The maximum atomic E-state index is 13.2. The van der Waals surface area contributed by atoms with Crippen LogP contribution in [-0.4, -0.2) is 47.9 Å². The Morgan fingerprint density at radius 3 is 2.18 bits per heavy atom. The van der Waals surface area contributed by atoms with Crippen molar-refractivity contribution >= 4 is 21.8 Å². The fraction of sp³-hybridized carbons (Fsp3) is 0.611. The second kappa shape index (κ2) is 5.64. The number of hydrogen-bond acceptors (Lipinski definition) is 2. The van der Waals surface area contributed by atoms with E-state index < -0.39 is 0 Å². The van der Waals surface area contributed by atoms with Crippen LogP contribution in [0.3, 0.4) is 0 Å². The van der Waals surface area contributed by atoms with Crippen LogP contribution in [0.1, 0.15) is 37.7 Å². The van der Waals surface area contributed by atoms with E-state index in [2.05, 4.69) is 50.0 Å². The molecule has 0 aromatic heterocycles. The molecule has 0 N–H and O–H groups in total. The Morgan fingerprint density at radius 2 is 1.68 bits per heavy atom. The van der Waals surface area contributed by atoms with Gasteiger partial charge in [-0.1, -0.05) is 34.5 Å². The van der Waals surface area contributed by atoms with Crippen LogP contribution in [0.15, 0.2) is 28.7 Å². The number of piperazine rings is 1. The van der Waals surface area contributed by atoms with Crippen molar-refractivity contribution < 1.29 is 4.79 Å². The molecule has 22 heavy (non-hydrogen) atoms. The molecule has 2 aliphatic carbocycles. The summed E-state index contributed by atoms with van der Waals surface area (Å²) in [7, 11) is 0. The molecule has 118 valence electrons. The molecule has 0 bridgehead atoms. The topological polar surface area (TPSA) is 23.6 Å². The Labute approximate surface area is 140 Å². The summed E-state index contributed by atoms with van der Waals surface area (Å²) in [6.45, 7) is 3.95. The summed E-state index contributed by atoms with van der Waals surface area (Å²) in [6, 6.07) is 9.20. The van der Waals surface area contributed by atoms with Crippen molar-refractivity contribution in [3.8, 4) is 0 Å². The molecular weight excluding hydrogens is 340 g/mol. The molecule has 1 amide bonds. The number of amides is 1. The zero-order valence-corrected chi connectivity index (χ0v) is 14.5. The first-order valence-corrected chi connectivity index (χ1v) is 9.28. The predicted molar refractivity (Wildman–Crippen MR) is 90.8 cm³/mol. The number of nitrogens with zero attached hydrogens (tertiary/aromatic N) is 2. The molecule has 1 aromatic rings. The smallest absolute Gasteiger partial charge is 0.233 e. The van der Waals surface area contributed by atoms with Gasteiger partial charge in [0.25, 0.3) is 0 Å². The van der Waals surface area contributed by atoms with Gasteiger partial charge in [-0.15, -0.1) is 0 Å². The van der Waals surface area contributed by atoms with Crippen molar-refractivity contribution in [2.24, 2.45) is 0 Å². The lowest BCUT2D eigenvalue weighted by Gasteiger charge is -2.46. The van der Waals surface area contributed by atoms with Gasteiger partial charge in [0.1, 0.15) is 0 Å². The minimum absolute atomic E-state index is 0.234. The highest BCUT2D eigenvalue weighted by molar-refractivity contribution is 9.10. The van der Waals surface area contributed by atoms with Crippen LogP contribution in [0.5, 0.6) is 0 Å². The van der Waals surface area contributed by atoms with E-state index in [0.29, 0.717) is 5.91 Å². The number of carbonyl (C=O) groups is 1. The highest BCUT2D eigenvalue weighted by Crippen LogP contribution is 2.45. The Hall–Kier alpha value is -0.870. The Balaban J connectivity index is 1.49. The van der Waals surface area contributed by atoms with Gasteiger partial charge < -0.3 is 4.90 Å². The average Bonchev–Trinajstić information content (AvgIpc) is 3.33. The summed E-state index contributed by atoms with van der Waals surface area (Å²) in [5.74, 6) is 0.372. The first-order valence-electron chi connectivity index (χ1n) is 8.48. The third-order valence-corrected chi connectivity index (χ3v) is 6.21. The van der Waals surface area contributed by atoms with Crippen LogP contribution in [-0.2, 0) is 10.2 Å². The van der Waals surface area contributed by atoms with E-state index in [0.717, 1.165) is 49.5 Å². The van der Waals surface area contributed by atoms with E-state index in [1.165, 1.54) is 24.8 Å². The van der Waals surface area contributed by atoms with E-state index in [-0.39, 0.29) is 5.41 Å². The molecule has 1 saturated heterocycles. The predicted octanol–water partition coefficient (Wildman–Crippen LogP) is 3.18.